The van der Waals surface area contributed by atoms with E-state index in [1.165, 1.54) is 6.08 Å². The summed E-state index contributed by atoms with van der Waals surface area (Å²) in [5.74, 6) is 0.394. The van der Waals surface area contributed by atoms with Crippen molar-refractivity contribution >= 4 is 23.6 Å². The highest BCUT2D eigenvalue weighted by molar-refractivity contribution is 6.07. The van der Waals surface area contributed by atoms with Gasteiger partial charge in [-0.3, -0.25) is 9.59 Å². The van der Waals surface area contributed by atoms with Crippen LogP contribution in [0.3, 0.4) is 0 Å². The Morgan fingerprint density at radius 3 is 2.54 bits per heavy atom. The van der Waals surface area contributed by atoms with E-state index in [2.05, 4.69) is 5.32 Å². The van der Waals surface area contributed by atoms with Gasteiger partial charge in [0.05, 0.1) is 31.1 Å². The number of hydrogen-bond donors (Lipinski definition) is 1. The Morgan fingerprint density at radius 1 is 1.11 bits per heavy atom. The molecule has 0 aromatic heterocycles. The molecule has 2 aromatic rings. The number of benzene rings is 2. The number of rotatable bonds is 6. The average molecular weight is 380 g/mol. The first-order valence-electron chi connectivity index (χ1n) is 9.35. The van der Waals surface area contributed by atoms with E-state index in [1.54, 1.807) is 35.2 Å². The lowest BCUT2D eigenvalue weighted by Gasteiger charge is -2.27. The Bertz CT molecular complexity index is 840. The second kappa shape index (κ2) is 9.71. The summed E-state index contributed by atoms with van der Waals surface area (Å²) >= 11 is 0. The van der Waals surface area contributed by atoms with Gasteiger partial charge in [0.25, 0.3) is 5.91 Å². The van der Waals surface area contributed by atoms with E-state index >= 15 is 0 Å². The molecule has 0 saturated carbocycles. The number of carbonyl (C=O) groups is 2. The molecule has 6 heteroatoms. The Balaban J connectivity index is 1.66. The van der Waals surface area contributed by atoms with Crippen molar-refractivity contribution in [1.29, 1.82) is 0 Å². The van der Waals surface area contributed by atoms with Crippen LogP contribution in [0.5, 0.6) is 5.75 Å². The Labute approximate surface area is 164 Å². The van der Waals surface area contributed by atoms with Crippen LogP contribution in [0.4, 0.5) is 5.69 Å². The summed E-state index contributed by atoms with van der Waals surface area (Å²) in [4.78, 5) is 26.8. The maximum atomic E-state index is 12.8. The lowest BCUT2D eigenvalue weighted by Crippen LogP contribution is -2.41. The predicted molar refractivity (Wildman–Crippen MR) is 108 cm³/mol. The van der Waals surface area contributed by atoms with Crippen molar-refractivity contribution in [1.82, 2.24) is 4.90 Å². The van der Waals surface area contributed by atoms with Crippen LogP contribution in [0.15, 0.2) is 54.6 Å². The zero-order valence-electron chi connectivity index (χ0n) is 15.9. The number of para-hydroxylation sites is 1. The van der Waals surface area contributed by atoms with Crippen molar-refractivity contribution in [3.63, 3.8) is 0 Å². The zero-order chi connectivity index (χ0) is 19.8. The summed E-state index contributed by atoms with van der Waals surface area (Å²) in [5, 5.41) is 2.80. The van der Waals surface area contributed by atoms with Gasteiger partial charge in [-0.1, -0.05) is 24.3 Å². The molecule has 1 N–H and O–H groups in total. The van der Waals surface area contributed by atoms with Gasteiger partial charge in [0.15, 0.2) is 0 Å². The van der Waals surface area contributed by atoms with E-state index < -0.39 is 0 Å². The lowest BCUT2D eigenvalue weighted by molar-refractivity contribution is -0.111. The molecule has 0 radical (unpaired) electrons. The largest absolute Gasteiger partial charge is 0.494 e. The van der Waals surface area contributed by atoms with Crippen molar-refractivity contribution in [2.45, 2.75) is 6.92 Å². The highest BCUT2D eigenvalue weighted by Gasteiger charge is 2.21. The maximum absolute atomic E-state index is 12.8. The fourth-order valence-corrected chi connectivity index (χ4v) is 2.90. The summed E-state index contributed by atoms with van der Waals surface area (Å²) < 4.78 is 10.7. The van der Waals surface area contributed by atoms with Crippen molar-refractivity contribution < 1.29 is 19.1 Å². The highest BCUT2D eigenvalue weighted by Crippen LogP contribution is 2.18. The second-order valence-corrected chi connectivity index (χ2v) is 6.27. The number of anilines is 1. The number of ether oxygens (including phenoxy) is 2. The van der Waals surface area contributed by atoms with Gasteiger partial charge >= 0.3 is 0 Å². The summed E-state index contributed by atoms with van der Waals surface area (Å²) in [6.45, 7) is 4.72. The van der Waals surface area contributed by atoms with E-state index in [1.807, 2.05) is 31.2 Å². The van der Waals surface area contributed by atoms with Crippen LogP contribution in [0.25, 0.3) is 6.08 Å². The minimum atomic E-state index is -0.295. The molecule has 0 atom stereocenters. The number of amides is 2. The zero-order valence-corrected chi connectivity index (χ0v) is 15.9. The molecule has 1 heterocycles. The summed E-state index contributed by atoms with van der Waals surface area (Å²) in [6, 6.07) is 14.5. The Kier molecular flexibility index (Phi) is 6.81. The van der Waals surface area contributed by atoms with Gasteiger partial charge in [0.1, 0.15) is 5.75 Å². The van der Waals surface area contributed by atoms with E-state index in [9.17, 15) is 9.59 Å². The van der Waals surface area contributed by atoms with Crippen LogP contribution in [0.2, 0.25) is 0 Å². The third-order valence-corrected chi connectivity index (χ3v) is 4.33. The lowest BCUT2D eigenvalue weighted by atomic mass is 10.1. The smallest absolute Gasteiger partial charge is 0.256 e. The van der Waals surface area contributed by atoms with Crippen LogP contribution < -0.4 is 10.1 Å². The number of carbonyl (C=O) groups excluding carboxylic acids is 2. The summed E-state index contributed by atoms with van der Waals surface area (Å²) in [7, 11) is 0. The predicted octanol–water partition coefficient (Wildman–Crippen LogP) is 3.21. The third kappa shape index (κ3) is 5.20. The molecule has 0 bridgehead atoms. The molecule has 3 rings (SSSR count). The second-order valence-electron chi connectivity index (χ2n) is 6.27. The van der Waals surface area contributed by atoms with Gasteiger partial charge in [-0.2, -0.15) is 0 Å². The molecule has 0 aliphatic carbocycles. The molecule has 28 heavy (non-hydrogen) atoms. The molecule has 1 fully saturated rings. The SMILES string of the molecule is CCOc1ccc(/C=C/C(=O)Nc2ccccc2C(=O)N2CCOCC2)cc1. The number of hydrogen-bond acceptors (Lipinski definition) is 4. The van der Waals surface area contributed by atoms with Crippen molar-refractivity contribution in [2.24, 2.45) is 0 Å². The van der Waals surface area contributed by atoms with E-state index in [0.717, 1.165) is 11.3 Å². The van der Waals surface area contributed by atoms with Crippen molar-refractivity contribution in [3.8, 4) is 5.75 Å². The molecule has 6 nitrogen and oxygen atoms in total. The third-order valence-electron chi connectivity index (χ3n) is 4.33. The fourth-order valence-electron chi connectivity index (χ4n) is 2.90. The van der Waals surface area contributed by atoms with Gasteiger partial charge in [-0.05, 0) is 42.8 Å². The summed E-state index contributed by atoms with van der Waals surface area (Å²) in [5.41, 5.74) is 1.86. The van der Waals surface area contributed by atoms with Crippen LogP contribution in [0.1, 0.15) is 22.8 Å². The van der Waals surface area contributed by atoms with E-state index in [0.29, 0.717) is 44.2 Å². The van der Waals surface area contributed by atoms with Crippen molar-refractivity contribution in [2.75, 3.05) is 38.2 Å². The molecule has 1 saturated heterocycles. The van der Waals surface area contributed by atoms with Gasteiger partial charge in [-0.25, -0.2) is 0 Å². The molecule has 1 aliphatic heterocycles. The first-order valence-corrected chi connectivity index (χ1v) is 9.35. The van der Waals surface area contributed by atoms with Crippen LogP contribution in [-0.2, 0) is 9.53 Å². The number of morpholine rings is 1. The fraction of sp³-hybridized carbons (Fsp3) is 0.273. The standard InChI is InChI=1S/C22H24N2O4/c1-2-28-18-10-7-17(8-11-18)9-12-21(25)23-20-6-4-3-5-19(20)22(26)24-13-15-27-16-14-24/h3-12H,2,13-16H2,1H3,(H,23,25)/b12-9+. The normalized spacial score (nSPS) is 14.1. The topological polar surface area (TPSA) is 67.9 Å². The van der Waals surface area contributed by atoms with E-state index in [-0.39, 0.29) is 11.8 Å². The molecular formula is C22H24N2O4. The first kappa shape index (κ1) is 19.6. The molecule has 0 spiro atoms. The number of nitrogens with one attached hydrogen (secondary N) is 1. The molecule has 1 aliphatic rings. The Hall–Kier alpha value is -3.12. The van der Waals surface area contributed by atoms with Crippen LogP contribution in [-0.4, -0.2) is 49.6 Å². The van der Waals surface area contributed by atoms with Crippen LogP contribution in [0, 0.1) is 0 Å². The van der Waals surface area contributed by atoms with Crippen LogP contribution >= 0.6 is 0 Å². The monoisotopic (exact) mass is 380 g/mol. The molecular weight excluding hydrogens is 356 g/mol. The van der Waals surface area contributed by atoms with Gasteiger partial charge in [0.2, 0.25) is 5.91 Å². The van der Waals surface area contributed by atoms with Crippen molar-refractivity contribution in [3.05, 3.63) is 65.7 Å². The molecule has 146 valence electrons. The minimum absolute atomic E-state index is 0.102. The Morgan fingerprint density at radius 2 is 1.82 bits per heavy atom. The summed E-state index contributed by atoms with van der Waals surface area (Å²) in [6.07, 6.45) is 3.17. The first-order chi connectivity index (χ1) is 13.7. The van der Waals surface area contributed by atoms with E-state index in [4.69, 9.17) is 9.47 Å². The van der Waals surface area contributed by atoms with Gasteiger partial charge < -0.3 is 19.7 Å². The van der Waals surface area contributed by atoms with Gasteiger partial charge in [0, 0.05) is 19.2 Å². The number of nitrogens with zero attached hydrogens (tertiary/aromatic N) is 1. The van der Waals surface area contributed by atoms with Gasteiger partial charge in [-0.15, -0.1) is 0 Å². The quantitative estimate of drug-likeness (QED) is 0.782. The average Bonchev–Trinajstić information content (AvgIpc) is 2.74. The highest BCUT2D eigenvalue weighted by atomic mass is 16.5. The molecule has 2 aromatic carbocycles. The maximum Gasteiger partial charge on any atom is 0.256 e. The molecule has 2 amide bonds. The minimum Gasteiger partial charge on any atom is -0.494 e. The molecule has 0 unspecified atom stereocenters.